The first kappa shape index (κ1) is 21.5. The van der Waals surface area contributed by atoms with Crippen LogP contribution in [0.25, 0.3) is 0 Å². The van der Waals surface area contributed by atoms with Crippen molar-refractivity contribution >= 4 is 5.96 Å². The van der Waals surface area contributed by atoms with Gasteiger partial charge in [0.05, 0.1) is 6.10 Å². The van der Waals surface area contributed by atoms with E-state index in [1.807, 2.05) is 0 Å². The molecule has 1 atom stereocenters. The van der Waals surface area contributed by atoms with E-state index in [-0.39, 0.29) is 6.10 Å². The summed E-state index contributed by atoms with van der Waals surface area (Å²) in [4.78, 5) is 6.62. The molecule has 6 nitrogen and oxygen atoms in total. The summed E-state index contributed by atoms with van der Waals surface area (Å²) < 4.78 is 11.7. The Morgan fingerprint density at radius 1 is 1.37 bits per heavy atom. The van der Waals surface area contributed by atoms with E-state index < -0.39 is 0 Å². The number of nitrogens with zero attached hydrogens (tertiary/aromatic N) is 2. The van der Waals surface area contributed by atoms with Gasteiger partial charge in [-0.25, -0.2) is 0 Å². The predicted octanol–water partition coefficient (Wildman–Crippen LogP) is 2.56. The van der Waals surface area contributed by atoms with E-state index in [1.165, 1.54) is 5.56 Å². The fraction of sp³-hybridized carbons (Fsp3) is 0.667. The number of benzene rings is 1. The molecule has 1 unspecified atom stereocenters. The number of guanidine groups is 1. The molecule has 1 fully saturated rings. The smallest absolute Gasteiger partial charge is 0.191 e. The Morgan fingerprint density at radius 2 is 2.19 bits per heavy atom. The number of likely N-dealkylation sites (N-methyl/N-ethyl adjacent to an activating group) is 1. The molecule has 0 radical (unpaired) electrons. The van der Waals surface area contributed by atoms with Crippen LogP contribution in [0.5, 0.6) is 5.75 Å². The van der Waals surface area contributed by atoms with Crippen molar-refractivity contribution in [2.45, 2.75) is 52.3 Å². The topological polar surface area (TPSA) is 58.1 Å². The second-order valence-electron chi connectivity index (χ2n) is 7.48. The molecule has 0 aromatic heterocycles. The van der Waals surface area contributed by atoms with E-state index >= 15 is 0 Å². The lowest BCUT2D eigenvalue weighted by molar-refractivity contribution is 0.0676. The second-order valence-corrected chi connectivity index (χ2v) is 7.48. The number of nitrogens with one attached hydrogen (secondary N) is 2. The second kappa shape index (κ2) is 11.1. The van der Waals surface area contributed by atoms with Crippen LogP contribution in [0.1, 0.15) is 37.8 Å². The molecule has 6 heteroatoms. The molecule has 0 bridgehead atoms. The summed E-state index contributed by atoms with van der Waals surface area (Å²) in [6, 6.07) is 6.87. The van der Waals surface area contributed by atoms with Gasteiger partial charge in [0, 0.05) is 44.9 Å². The van der Waals surface area contributed by atoms with Crippen molar-refractivity contribution in [3.8, 4) is 5.75 Å². The summed E-state index contributed by atoms with van der Waals surface area (Å²) >= 11 is 0. The van der Waals surface area contributed by atoms with Crippen molar-refractivity contribution in [1.29, 1.82) is 0 Å². The van der Waals surface area contributed by atoms with Gasteiger partial charge in [0.1, 0.15) is 12.4 Å². The van der Waals surface area contributed by atoms with E-state index in [9.17, 15) is 0 Å². The van der Waals surface area contributed by atoms with Gasteiger partial charge in [-0.3, -0.25) is 4.99 Å². The standard InChI is InChI=1S/C21H36N4O2/c1-16(2)25(5)11-10-23-21(22-4)24-14-18-9-8-17(3)13-20(18)27-15-19-7-6-12-26-19/h8-9,13,16,19H,6-7,10-12,14-15H2,1-5H3,(H2,22,23,24). The molecule has 1 aromatic rings. The lowest BCUT2D eigenvalue weighted by Crippen LogP contribution is -2.41. The largest absolute Gasteiger partial charge is 0.491 e. The van der Waals surface area contributed by atoms with Crippen molar-refractivity contribution in [3.05, 3.63) is 29.3 Å². The van der Waals surface area contributed by atoms with Gasteiger partial charge in [-0.05, 0) is 52.3 Å². The summed E-state index contributed by atoms with van der Waals surface area (Å²) in [5, 5.41) is 6.76. The van der Waals surface area contributed by atoms with E-state index in [1.54, 1.807) is 7.05 Å². The minimum atomic E-state index is 0.221. The highest BCUT2D eigenvalue weighted by molar-refractivity contribution is 5.79. The molecule has 1 aliphatic heterocycles. The molecule has 1 saturated heterocycles. The molecule has 1 aromatic carbocycles. The average Bonchev–Trinajstić information content (AvgIpc) is 3.17. The SMILES string of the molecule is CN=C(NCCN(C)C(C)C)NCc1ccc(C)cc1OCC1CCCO1. The first-order valence-electron chi connectivity index (χ1n) is 9.98. The van der Waals surface area contributed by atoms with Crippen LogP contribution in [-0.2, 0) is 11.3 Å². The molecular formula is C21H36N4O2. The van der Waals surface area contributed by atoms with Crippen LogP contribution in [0.2, 0.25) is 0 Å². The number of hydrogen-bond donors (Lipinski definition) is 2. The summed E-state index contributed by atoms with van der Waals surface area (Å²) in [5.41, 5.74) is 2.32. The highest BCUT2D eigenvalue weighted by atomic mass is 16.5. The zero-order chi connectivity index (χ0) is 19.6. The van der Waals surface area contributed by atoms with Crippen molar-refractivity contribution in [3.63, 3.8) is 0 Å². The summed E-state index contributed by atoms with van der Waals surface area (Å²) in [7, 11) is 3.93. The van der Waals surface area contributed by atoms with Crippen LogP contribution in [0.15, 0.2) is 23.2 Å². The maximum atomic E-state index is 6.07. The Hall–Kier alpha value is -1.79. The van der Waals surface area contributed by atoms with E-state index in [4.69, 9.17) is 9.47 Å². The van der Waals surface area contributed by atoms with Crippen molar-refractivity contribution in [1.82, 2.24) is 15.5 Å². The minimum absolute atomic E-state index is 0.221. The third-order valence-corrected chi connectivity index (χ3v) is 4.98. The number of ether oxygens (including phenoxy) is 2. The average molecular weight is 377 g/mol. The summed E-state index contributed by atoms with van der Waals surface area (Å²) in [6.07, 6.45) is 2.43. The lowest BCUT2D eigenvalue weighted by Gasteiger charge is -2.22. The molecule has 0 spiro atoms. The van der Waals surface area contributed by atoms with Gasteiger partial charge in [0.15, 0.2) is 5.96 Å². The molecule has 2 rings (SSSR count). The monoisotopic (exact) mass is 376 g/mol. The predicted molar refractivity (Wildman–Crippen MR) is 112 cm³/mol. The third kappa shape index (κ3) is 7.39. The Morgan fingerprint density at radius 3 is 2.85 bits per heavy atom. The summed E-state index contributed by atoms with van der Waals surface area (Å²) in [5.74, 6) is 1.73. The zero-order valence-corrected chi connectivity index (χ0v) is 17.5. The van der Waals surface area contributed by atoms with Crippen LogP contribution in [0.3, 0.4) is 0 Å². The highest BCUT2D eigenvalue weighted by Crippen LogP contribution is 2.22. The van der Waals surface area contributed by atoms with Gasteiger partial charge in [-0.1, -0.05) is 12.1 Å². The fourth-order valence-corrected chi connectivity index (χ4v) is 2.91. The van der Waals surface area contributed by atoms with Gasteiger partial charge >= 0.3 is 0 Å². The molecule has 27 heavy (non-hydrogen) atoms. The van der Waals surface area contributed by atoms with Gasteiger partial charge in [0.2, 0.25) is 0 Å². The molecule has 0 amide bonds. The molecule has 152 valence electrons. The van der Waals surface area contributed by atoms with Crippen molar-refractivity contribution in [2.75, 3.05) is 40.4 Å². The Bertz CT molecular complexity index is 598. The van der Waals surface area contributed by atoms with Crippen LogP contribution in [0.4, 0.5) is 0 Å². The van der Waals surface area contributed by atoms with Crippen LogP contribution in [-0.4, -0.2) is 63.4 Å². The maximum Gasteiger partial charge on any atom is 0.191 e. The van der Waals surface area contributed by atoms with Gasteiger partial charge in [-0.15, -0.1) is 0 Å². The molecular weight excluding hydrogens is 340 g/mol. The lowest BCUT2D eigenvalue weighted by atomic mass is 10.1. The normalized spacial score (nSPS) is 17.6. The first-order valence-corrected chi connectivity index (χ1v) is 9.98. The summed E-state index contributed by atoms with van der Waals surface area (Å²) in [6.45, 7) is 10.4. The molecule has 2 N–H and O–H groups in total. The third-order valence-electron chi connectivity index (χ3n) is 4.98. The number of aryl methyl sites for hydroxylation is 1. The van der Waals surface area contributed by atoms with E-state index in [0.717, 1.165) is 49.8 Å². The van der Waals surface area contributed by atoms with E-state index in [0.29, 0.717) is 19.2 Å². The Balaban J connectivity index is 1.85. The van der Waals surface area contributed by atoms with Gasteiger partial charge in [0.25, 0.3) is 0 Å². The minimum Gasteiger partial charge on any atom is -0.491 e. The number of hydrogen-bond acceptors (Lipinski definition) is 4. The maximum absolute atomic E-state index is 6.07. The fourth-order valence-electron chi connectivity index (χ4n) is 2.91. The molecule has 0 saturated carbocycles. The van der Waals surface area contributed by atoms with Gasteiger partial charge in [-0.2, -0.15) is 0 Å². The highest BCUT2D eigenvalue weighted by Gasteiger charge is 2.17. The molecule has 1 aliphatic rings. The first-order chi connectivity index (χ1) is 13.0. The van der Waals surface area contributed by atoms with Crippen molar-refractivity contribution < 1.29 is 9.47 Å². The van der Waals surface area contributed by atoms with Crippen LogP contribution < -0.4 is 15.4 Å². The zero-order valence-electron chi connectivity index (χ0n) is 17.5. The Kier molecular flexibility index (Phi) is 8.88. The van der Waals surface area contributed by atoms with E-state index in [2.05, 4.69) is 66.5 Å². The molecule has 1 heterocycles. The number of aliphatic imine (C=N–C) groups is 1. The Labute approximate surface area is 164 Å². The van der Waals surface area contributed by atoms with Crippen LogP contribution in [0, 0.1) is 6.92 Å². The van der Waals surface area contributed by atoms with Crippen LogP contribution >= 0.6 is 0 Å². The van der Waals surface area contributed by atoms with Crippen molar-refractivity contribution in [2.24, 2.45) is 4.99 Å². The molecule has 0 aliphatic carbocycles. The van der Waals surface area contributed by atoms with Gasteiger partial charge < -0.3 is 25.0 Å². The number of rotatable bonds is 9. The quantitative estimate of drug-likeness (QED) is 0.512.